The highest BCUT2D eigenvalue weighted by molar-refractivity contribution is 6.25. The molecule has 0 saturated heterocycles. The monoisotopic (exact) mass is 784 g/mol. The third-order valence-corrected chi connectivity index (χ3v) is 12.3. The Balaban J connectivity index is 1.13. The van der Waals surface area contributed by atoms with Gasteiger partial charge in [0.25, 0.3) is 0 Å². The topological polar surface area (TPSA) is 77.3 Å². The Morgan fingerprint density at radius 2 is 1.00 bits per heavy atom. The van der Waals surface area contributed by atoms with Gasteiger partial charge in [0.05, 0.1) is 33.8 Å². The van der Waals surface area contributed by atoms with E-state index in [-0.39, 0.29) is 11.8 Å². The van der Waals surface area contributed by atoms with Crippen LogP contribution in [0, 0.1) is 19.8 Å². The molecule has 0 amide bonds. The second kappa shape index (κ2) is 14.8. The molecule has 1 aliphatic rings. The number of hydrogen-bond acceptors (Lipinski definition) is 6. The summed E-state index contributed by atoms with van der Waals surface area (Å²) in [4.78, 5) is 30.4. The van der Waals surface area contributed by atoms with Crippen LogP contribution in [0.3, 0.4) is 0 Å². The van der Waals surface area contributed by atoms with Crippen molar-refractivity contribution < 1.29 is 0 Å². The molecule has 5 aromatic heterocycles. The zero-order valence-electron chi connectivity index (χ0n) is 34.1. The van der Waals surface area contributed by atoms with Gasteiger partial charge in [-0.15, -0.1) is 0 Å². The Labute approximate surface area is 354 Å². The van der Waals surface area contributed by atoms with E-state index in [0.29, 0.717) is 0 Å². The molecule has 2 atom stereocenters. The average molecular weight is 785 g/mol. The molecule has 0 bridgehead atoms. The molecule has 0 aliphatic heterocycles. The molecule has 6 heteroatoms. The molecule has 0 fully saturated rings. The van der Waals surface area contributed by atoms with Crippen LogP contribution < -0.4 is 0 Å². The molecule has 61 heavy (non-hydrogen) atoms. The van der Waals surface area contributed by atoms with Gasteiger partial charge >= 0.3 is 0 Å². The van der Waals surface area contributed by atoms with E-state index in [1.54, 1.807) is 0 Å². The number of hydrogen-bond donors (Lipinski definition) is 0. The van der Waals surface area contributed by atoms with Crippen LogP contribution in [0.25, 0.3) is 94.0 Å². The fourth-order valence-electron chi connectivity index (χ4n) is 9.25. The Bertz CT molecular complexity index is 3320. The van der Waals surface area contributed by atoms with Gasteiger partial charge in [-0.1, -0.05) is 116 Å². The smallest absolute Gasteiger partial charge is 0.137 e. The predicted molar refractivity (Wildman–Crippen MR) is 250 cm³/mol. The van der Waals surface area contributed by atoms with E-state index in [4.69, 9.17) is 19.9 Å². The molecule has 5 heterocycles. The maximum atomic E-state index is 5.54. The van der Waals surface area contributed by atoms with Crippen molar-refractivity contribution in [1.82, 2.24) is 29.9 Å². The van der Waals surface area contributed by atoms with E-state index in [9.17, 15) is 0 Å². The molecule has 0 N–H and O–H groups in total. The van der Waals surface area contributed by atoms with Gasteiger partial charge in [0.15, 0.2) is 0 Å². The first-order valence-electron chi connectivity index (χ1n) is 20.8. The van der Waals surface area contributed by atoms with Gasteiger partial charge in [0, 0.05) is 74.5 Å². The highest BCUT2D eigenvalue weighted by Crippen LogP contribution is 2.46. The number of aromatic nitrogens is 6. The van der Waals surface area contributed by atoms with Gasteiger partial charge in [-0.2, -0.15) is 0 Å². The number of nitrogens with zero attached hydrogens (tertiary/aromatic N) is 6. The summed E-state index contributed by atoms with van der Waals surface area (Å²) in [5, 5.41) is 6.82. The molecule has 0 saturated carbocycles. The van der Waals surface area contributed by atoms with Crippen LogP contribution in [0.15, 0.2) is 176 Å². The molecule has 11 rings (SSSR count). The van der Waals surface area contributed by atoms with Gasteiger partial charge in [-0.3, -0.25) is 9.97 Å². The summed E-state index contributed by atoms with van der Waals surface area (Å²) >= 11 is 0. The number of allylic oxidation sites excluding steroid dienone is 4. The minimum atomic E-state index is -0.0400. The summed E-state index contributed by atoms with van der Waals surface area (Å²) in [6, 6.07) is 46.2. The molecule has 5 aromatic carbocycles. The average Bonchev–Trinajstić information content (AvgIpc) is 3.33. The summed E-state index contributed by atoms with van der Waals surface area (Å²) < 4.78 is 0. The highest BCUT2D eigenvalue weighted by atomic mass is 14.9. The maximum absolute atomic E-state index is 5.54. The van der Waals surface area contributed by atoms with E-state index in [0.717, 1.165) is 100 Å². The number of fused-ring (bicyclic) bond motifs is 6. The first kappa shape index (κ1) is 36.4. The normalized spacial score (nSPS) is 15.2. The van der Waals surface area contributed by atoms with E-state index in [1.807, 2.05) is 49.1 Å². The van der Waals surface area contributed by atoms with Crippen molar-refractivity contribution >= 4 is 48.9 Å². The number of pyridine rings is 4. The van der Waals surface area contributed by atoms with Crippen molar-refractivity contribution in [3.05, 3.63) is 199 Å². The lowest BCUT2D eigenvalue weighted by Gasteiger charge is -2.24. The third-order valence-electron chi connectivity index (χ3n) is 12.3. The van der Waals surface area contributed by atoms with Gasteiger partial charge in [0.2, 0.25) is 0 Å². The Kier molecular flexibility index (Phi) is 8.85. The van der Waals surface area contributed by atoms with Gasteiger partial charge in [0.1, 0.15) is 5.82 Å². The molecule has 290 valence electrons. The fraction of sp³-hybridized carbons (Fsp3) is 0.0909. The van der Waals surface area contributed by atoms with Gasteiger partial charge < -0.3 is 0 Å². The van der Waals surface area contributed by atoms with Crippen molar-refractivity contribution in [3.8, 4) is 45.0 Å². The molecule has 0 spiro atoms. The summed E-state index contributed by atoms with van der Waals surface area (Å²) in [5.74, 6) is 0.958. The fourth-order valence-corrected chi connectivity index (χ4v) is 9.25. The molecular formula is C55H40N6. The van der Waals surface area contributed by atoms with Crippen LogP contribution in [-0.2, 0) is 0 Å². The second-order valence-corrected chi connectivity index (χ2v) is 16.0. The van der Waals surface area contributed by atoms with Crippen LogP contribution in [-0.4, -0.2) is 29.9 Å². The number of benzene rings is 5. The van der Waals surface area contributed by atoms with Crippen molar-refractivity contribution in [2.24, 2.45) is 5.92 Å². The quantitative estimate of drug-likeness (QED) is 0.123. The van der Waals surface area contributed by atoms with Crippen LogP contribution >= 0.6 is 0 Å². The summed E-state index contributed by atoms with van der Waals surface area (Å²) in [6.07, 6.45) is 14.3. The van der Waals surface area contributed by atoms with E-state index in [1.165, 1.54) is 16.3 Å². The summed E-state index contributed by atoms with van der Waals surface area (Å²) in [7, 11) is 0. The van der Waals surface area contributed by atoms with Crippen molar-refractivity contribution in [2.75, 3.05) is 0 Å². The first-order valence-corrected chi connectivity index (χ1v) is 20.8. The molecule has 6 nitrogen and oxygen atoms in total. The van der Waals surface area contributed by atoms with Crippen molar-refractivity contribution in [2.45, 2.75) is 26.7 Å². The van der Waals surface area contributed by atoms with Crippen molar-refractivity contribution in [3.63, 3.8) is 0 Å². The highest BCUT2D eigenvalue weighted by Gasteiger charge is 2.26. The summed E-state index contributed by atoms with van der Waals surface area (Å²) in [6.45, 7) is 6.73. The van der Waals surface area contributed by atoms with Crippen LogP contribution in [0.2, 0.25) is 0 Å². The lowest BCUT2D eigenvalue weighted by molar-refractivity contribution is 0.605. The molecule has 2 unspecified atom stereocenters. The Morgan fingerprint density at radius 3 is 1.59 bits per heavy atom. The summed E-state index contributed by atoms with van der Waals surface area (Å²) in [5.41, 5.74) is 14.2. The Morgan fingerprint density at radius 1 is 0.459 bits per heavy atom. The lowest BCUT2D eigenvalue weighted by Crippen LogP contribution is -2.13. The largest absolute Gasteiger partial charge is 0.264 e. The lowest BCUT2D eigenvalue weighted by atomic mass is 9.83. The standard InChI is InChI=1S/C55H40N6/c1-33-22-23-38(28-44(33)55-60-46(36-14-6-4-7-15-36)30-47(61-55)37-16-8-5-9-17-37)39-24-25-43-48(29-39)59-54(41-19-13-27-57-32-41)52-34(2)49-42-20-10-11-21-45(42)58-53(40-18-12-26-56-31-40)51(49)35(3)50(43)52/h4-33,44H,1-3H3. The first-order chi connectivity index (χ1) is 30.0. The zero-order chi connectivity index (χ0) is 41.0. The van der Waals surface area contributed by atoms with Gasteiger partial charge in [-0.05, 0) is 95.3 Å². The van der Waals surface area contributed by atoms with E-state index >= 15 is 0 Å². The molecule has 1 aliphatic carbocycles. The number of para-hydroxylation sites is 1. The molecule has 0 radical (unpaired) electrons. The number of aryl methyl sites for hydroxylation is 2. The second-order valence-electron chi connectivity index (χ2n) is 16.0. The van der Waals surface area contributed by atoms with Crippen LogP contribution in [0.5, 0.6) is 0 Å². The third kappa shape index (κ3) is 6.27. The van der Waals surface area contributed by atoms with Crippen LogP contribution in [0.4, 0.5) is 0 Å². The molecular weight excluding hydrogens is 745 g/mol. The zero-order valence-corrected chi connectivity index (χ0v) is 34.1. The van der Waals surface area contributed by atoms with E-state index < -0.39 is 0 Å². The molecule has 10 aromatic rings. The minimum absolute atomic E-state index is 0.0400. The van der Waals surface area contributed by atoms with E-state index in [2.05, 4.69) is 158 Å². The predicted octanol–water partition coefficient (Wildman–Crippen LogP) is 13.3. The van der Waals surface area contributed by atoms with Crippen molar-refractivity contribution in [1.29, 1.82) is 0 Å². The Hall–Kier alpha value is -7.70. The van der Waals surface area contributed by atoms with Crippen LogP contribution in [0.1, 0.15) is 35.4 Å². The number of rotatable bonds is 6. The maximum Gasteiger partial charge on any atom is 0.137 e. The SMILES string of the molecule is Cc1c2c(-c3cccnc3)nc3cc(C4=CC(c5nc(-c6ccccc6)cc(-c6ccccc6)n5)C(C)C=C4)ccc3c2c(C)c2c(-c3cccnc3)nc3ccccc3c12. The minimum Gasteiger partial charge on any atom is -0.264 e. The van der Waals surface area contributed by atoms with Gasteiger partial charge in [-0.25, -0.2) is 19.9 Å².